The lowest BCUT2D eigenvalue weighted by molar-refractivity contribution is -0.275. The van der Waals surface area contributed by atoms with Gasteiger partial charge in [0.15, 0.2) is 11.6 Å². The summed E-state index contributed by atoms with van der Waals surface area (Å²) in [5.41, 5.74) is 0.576. The molecule has 0 spiro atoms. The fourth-order valence-electron chi connectivity index (χ4n) is 3.55. The van der Waals surface area contributed by atoms with Crippen molar-refractivity contribution in [2.75, 3.05) is 18.4 Å². The van der Waals surface area contributed by atoms with E-state index in [1.54, 1.807) is 25.3 Å². The average Bonchev–Trinajstić information content (AvgIpc) is 2.85. The lowest BCUT2D eigenvalue weighted by Gasteiger charge is -2.34. The molecule has 0 radical (unpaired) electrons. The summed E-state index contributed by atoms with van der Waals surface area (Å²) in [7, 11) is 0. The lowest BCUT2D eigenvalue weighted by atomic mass is 10.1. The molecule has 1 aromatic heterocycles. The number of pyridine rings is 1. The second-order valence-electron chi connectivity index (χ2n) is 7.79. The van der Waals surface area contributed by atoms with Gasteiger partial charge in [0, 0.05) is 31.4 Å². The number of amides is 2. The van der Waals surface area contributed by atoms with Crippen molar-refractivity contribution < 1.29 is 31.8 Å². The SMILES string of the molecule is C=N/C(=C(Cl)\C(=C/C)Oc1ccc(OC(F)(F)F)c(F)c1)N1CCC(NC(=O)Nc2cccnc2)CC1. The van der Waals surface area contributed by atoms with E-state index in [2.05, 4.69) is 32.1 Å². The van der Waals surface area contributed by atoms with Crippen molar-refractivity contribution in [3.8, 4) is 11.5 Å². The Hall–Kier alpha value is -3.80. The predicted molar refractivity (Wildman–Crippen MR) is 131 cm³/mol. The lowest BCUT2D eigenvalue weighted by Crippen LogP contribution is -2.45. The maximum atomic E-state index is 14.1. The molecule has 1 aliphatic rings. The molecule has 1 aliphatic heterocycles. The monoisotopic (exact) mass is 541 g/mol. The van der Waals surface area contributed by atoms with Gasteiger partial charge in [-0.05, 0) is 56.8 Å². The normalized spacial score (nSPS) is 15.5. The molecule has 8 nitrogen and oxygen atoms in total. The average molecular weight is 542 g/mol. The van der Waals surface area contributed by atoms with Crippen LogP contribution in [0.1, 0.15) is 19.8 Å². The first-order valence-electron chi connectivity index (χ1n) is 11.1. The van der Waals surface area contributed by atoms with Crippen LogP contribution < -0.4 is 20.1 Å². The van der Waals surface area contributed by atoms with E-state index in [4.69, 9.17) is 16.3 Å². The topological polar surface area (TPSA) is 88.1 Å². The van der Waals surface area contributed by atoms with Crippen LogP contribution in [0.2, 0.25) is 0 Å². The maximum Gasteiger partial charge on any atom is 0.573 e. The Kier molecular flexibility index (Phi) is 9.34. The number of piperidine rings is 1. The van der Waals surface area contributed by atoms with Crippen LogP contribution in [0.15, 0.2) is 70.4 Å². The second-order valence-corrected chi connectivity index (χ2v) is 8.17. The van der Waals surface area contributed by atoms with Gasteiger partial charge in [-0.15, -0.1) is 13.2 Å². The van der Waals surface area contributed by atoms with Crippen molar-refractivity contribution in [3.63, 3.8) is 0 Å². The van der Waals surface area contributed by atoms with Crippen LogP contribution in [0.4, 0.5) is 28.0 Å². The summed E-state index contributed by atoms with van der Waals surface area (Å²) in [5.74, 6) is -1.92. The zero-order chi connectivity index (χ0) is 27.0. The third kappa shape index (κ3) is 8.10. The van der Waals surface area contributed by atoms with Gasteiger partial charge in [-0.1, -0.05) is 11.6 Å². The van der Waals surface area contributed by atoms with E-state index < -0.39 is 17.9 Å². The highest BCUT2D eigenvalue weighted by molar-refractivity contribution is 6.32. The molecule has 0 bridgehead atoms. The van der Waals surface area contributed by atoms with Gasteiger partial charge in [0.2, 0.25) is 0 Å². The Bertz CT molecular complexity index is 1170. The molecule has 3 rings (SSSR count). The first-order valence-corrected chi connectivity index (χ1v) is 11.5. The summed E-state index contributed by atoms with van der Waals surface area (Å²) in [4.78, 5) is 22.1. The number of hydrogen-bond acceptors (Lipinski definition) is 6. The zero-order valence-electron chi connectivity index (χ0n) is 19.7. The number of aromatic nitrogens is 1. The third-order valence-corrected chi connectivity index (χ3v) is 5.59. The molecule has 1 fully saturated rings. The molecule has 2 N–H and O–H groups in total. The number of carbonyl (C=O) groups excluding carboxylic acids is 1. The summed E-state index contributed by atoms with van der Waals surface area (Å²) in [6, 6.07) is 5.68. The minimum atomic E-state index is -5.03. The Labute approximate surface area is 215 Å². The number of nitrogens with one attached hydrogen (secondary N) is 2. The Balaban J connectivity index is 1.62. The van der Waals surface area contributed by atoms with E-state index in [9.17, 15) is 22.4 Å². The number of aliphatic imine (C=N–C) groups is 1. The van der Waals surface area contributed by atoms with E-state index in [-0.39, 0.29) is 28.6 Å². The van der Waals surface area contributed by atoms with Gasteiger partial charge >= 0.3 is 12.4 Å². The fraction of sp³-hybridized carbons (Fsp3) is 0.292. The molecule has 0 saturated carbocycles. The number of allylic oxidation sites excluding steroid dienone is 2. The van der Waals surface area contributed by atoms with Crippen molar-refractivity contribution in [2.24, 2.45) is 4.99 Å². The van der Waals surface area contributed by atoms with E-state index in [1.165, 1.54) is 12.3 Å². The summed E-state index contributed by atoms with van der Waals surface area (Å²) in [6.45, 7) is 6.18. The van der Waals surface area contributed by atoms with Gasteiger partial charge in [0.25, 0.3) is 0 Å². The third-order valence-electron chi connectivity index (χ3n) is 5.23. The van der Waals surface area contributed by atoms with Gasteiger partial charge < -0.3 is 25.0 Å². The molecule has 198 valence electrons. The molecule has 0 unspecified atom stereocenters. The number of likely N-dealkylation sites (tertiary alicyclic amines) is 1. The van der Waals surface area contributed by atoms with Crippen LogP contribution in [-0.4, -0.2) is 48.1 Å². The van der Waals surface area contributed by atoms with Crippen LogP contribution >= 0.6 is 11.6 Å². The largest absolute Gasteiger partial charge is 0.573 e. The van der Waals surface area contributed by atoms with Crippen molar-refractivity contribution in [3.05, 3.63) is 71.2 Å². The van der Waals surface area contributed by atoms with Crippen molar-refractivity contribution in [1.29, 1.82) is 0 Å². The molecule has 0 aliphatic carbocycles. The van der Waals surface area contributed by atoms with Crippen molar-refractivity contribution in [1.82, 2.24) is 15.2 Å². The first kappa shape index (κ1) is 27.8. The maximum absolute atomic E-state index is 14.1. The van der Waals surface area contributed by atoms with E-state index in [0.29, 0.717) is 37.4 Å². The Morgan fingerprint density at radius 1 is 1.30 bits per heavy atom. The Morgan fingerprint density at radius 3 is 2.59 bits per heavy atom. The van der Waals surface area contributed by atoms with Gasteiger partial charge in [-0.25, -0.2) is 14.2 Å². The molecule has 1 aromatic carbocycles. The highest BCUT2D eigenvalue weighted by Crippen LogP contribution is 2.32. The number of urea groups is 1. The number of nitrogens with zero attached hydrogens (tertiary/aromatic N) is 3. The first-order chi connectivity index (χ1) is 17.6. The number of alkyl halides is 3. The number of anilines is 1. The van der Waals surface area contributed by atoms with E-state index >= 15 is 0 Å². The van der Waals surface area contributed by atoms with E-state index in [0.717, 1.165) is 18.2 Å². The van der Waals surface area contributed by atoms with Crippen LogP contribution in [0.5, 0.6) is 11.5 Å². The van der Waals surface area contributed by atoms with E-state index in [1.807, 2.05) is 4.90 Å². The number of hydrogen-bond donors (Lipinski definition) is 2. The highest BCUT2D eigenvalue weighted by Gasteiger charge is 2.32. The minimum Gasteiger partial charge on any atom is -0.456 e. The molecule has 13 heteroatoms. The number of rotatable bonds is 8. The fourth-order valence-corrected chi connectivity index (χ4v) is 3.88. The van der Waals surface area contributed by atoms with Crippen molar-refractivity contribution >= 4 is 30.0 Å². The van der Waals surface area contributed by atoms with Crippen LogP contribution in [0.25, 0.3) is 0 Å². The second kappa shape index (κ2) is 12.4. The quantitative estimate of drug-likeness (QED) is 0.191. The molecular formula is C24H24ClF4N5O3. The minimum absolute atomic E-state index is 0.0780. The highest BCUT2D eigenvalue weighted by atomic mass is 35.5. The summed E-state index contributed by atoms with van der Waals surface area (Å²) in [6.07, 6.45) is 0.817. The predicted octanol–water partition coefficient (Wildman–Crippen LogP) is 5.80. The van der Waals surface area contributed by atoms with Gasteiger partial charge in [-0.3, -0.25) is 4.98 Å². The standard InChI is InChI=1S/C24H24ClF4N5O3/c1-3-19(36-17-6-7-20(18(26)13-17)37-24(27,28)29)21(25)22(30-2)34-11-8-15(9-12-34)32-23(35)33-16-5-4-10-31-14-16/h3-7,10,13-15H,2,8-9,11-12H2,1H3,(H2,32,33,35)/b19-3+,22-21-. The van der Waals surface area contributed by atoms with Crippen LogP contribution in [0, 0.1) is 5.82 Å². The molecule has 2 aromatic rings. The van der Waals surface area contributed by atoms with Crippen LogP contribution in [0.3, 0.4) is 0 Å². The molecule has 37 heavy (non-hydrogen) atoms. The smallest absolute Gasteiger partial charge is 0.456 e. The summed E-state index contributed by atoms with van der Waals surface area (Å²) in [5, 5.41) is 5.71. The number of halogens is 5. The number of carbonyl (C=O) groups is 1. The molecule has 1 saturated heterocycles. The number of ether oxygens (including phenoxy) is 2. The zero-order valence-corrected chi connectivity index (χ0v) is 20.4. The molecule has 2 heterocycles. The number of benzene rings is 1. The Morgan fingerprint density at radius 2 is 2.03 bits per heavy atom. The molecule has 2 amide bonds. The molecular weight excluding hydrogens is 518 g/mol. The molecule has 0 atom stereocenters. The van der Waals surface area contributed by atoms with Crippen molar-refractivity contribution in [2.45, 2.75) is 32.2 Å². The van der Waals surface area contributed by atoms with Gasteiger partial charge in [0.1, 0.15) is 22.4 Å². The summed E-state index contributed by atoms with van der Waals surface area (Å²) >= 11 is 6.52. The van der Waals surface area contributed by atoms with Gasteiger partial charge in [0.05, 0.1) is 11.9 Å². The van der Waals surface area contributed by atoms with Gasteiger partial charge in [-0.2, -0.15) is 0 Å². The summed E-state index contributed by atoms with van der Waals surface area (Å²) < 4.78 is 60.4. The van der Waals surface area contributed by atoms with Crippen LogP contribution in [-0.2, 0) is 0 Å².